The maximum Gasteiger partial charge on any atom is 0.319 e. The van der Waals surface area contributed by atoms with Crippen molar-refractivity contribution in [2.75, 3.05) is 18.5 Å². The molecule has 0 aliphatic carbocycles. The molecule has 1 heterocycles. The molecule has 1 fully saturated rings. The lowest BCUT2D eigenvalue weighted by Gasteiger charge is -2.22. The van der Waals surface area contributed by atoms with Gasteiger partial charge in [-0.15, -0.1) is 0 Å². The Balaban J connectivity index is 1.77. The van der Waals surface area contributed by atoms with Crippen LogP contribution in [0.25, 0.3) is 0 Å². The summed E-state index contributed by atoms with van der Waals surface area (Å²) in [5, 5.41) is 5.75. The number of carbonyl (C=O) groups excluding carboxylic acids is 1. The number of anilines is 1. The molecule has 0 aromatic heterocycles. The fraction of sp³-hybridized carbons (Fsp3) is 0.533. The molecule has 1 aromatic rings. The summed E-state index contributed by atoms with van der Waals surface area (Å²) in [6, 6.07) is 9.31. The Labute approximate surface area is 114 Å². The molecule has 1 saturated heterocycles. The van der Waals surface area contributed by atoms with Crippen LogP contribution < -0.4 is 10.6 Å². The van der Waals surface area contributed by atoms with Crippen molar-refractivity contribution in [1.29, 1.82) is 0 Å². The van der Waals surface area contributed by atoms with Gasteiger partial charge in [0.15, 0.2) is 0 Å². The second kappa shape index (κ2) is 6.57. The van der Waals surface area contributed by atoms with Crippen LogP contribution in [0.3, 0.4) is 0 Å². The lowest BCUT2D eigenvalue weighted by molar-refractivity contribution is 0.0546. The molecule has 1 aliphatic rings. The fourth-order valence-electron chi connectivity index (χ4n) is 2.53. The average molecular weight is 262 g/mol. The fourth-order valence-corrected chi connectivity index (χ4v) is 2.53. The third-order valence-corrected chi connectivity index (χ3v) is 3.48. The van der Waals surface area contributed by atoms with Crippen LogP contribution >= 0.6 is 0 Å². The zero-order valence-electron chi connectivity index (χ0n) is 11.6. The molecule has 1 aliphatic heterocycles. The maximum absolute atomic E-state index is 11.8. The van der Waals surface area contributed by atoms with Crippen molar-refractivity contribution in [3.05, 3.63) is 30.3 Å². The number of para-hydroxylation sites is 1. The second-order valence-electron chi connectivity index (χ2n) is 5.33. The Bertz CT molecular complexity index is 406. The number of hydrogen-bond donors (Lipinski definition) is 2. The Kier molecular flexibility index (Phi) is 4.80. The maximum atomic E-state index is 11.8. The summed E-state index contributed by atoms with van der Waals surface area (Å²) in [4.78, 5) is 11.8. The largest absolute Gasteiger partial charge is 0.378 e. The Morgan fingerprint density at radius 1 is 1.37 bits per heavy atom. The number of benzene rings is 1. The predicted molar refractivity (Wildman–Crippen MR) is 76.1 cm³/mol. The zero-order valence-corrected chi connectivity index (χ0v) is 11.6. The molecular formula is C15H22N2O2. The van der Waals surface area contributed by atoms with E-state index < -0.39 is 0 Å². The monoisotopic (exact) mass is 262 g/mol. The number of urea groups is 1. The van der Waals surface area contributed by atoms with Crippen LogP contribution in [0.15, 0.2) is 30.3 Å². The van der Waals surface area contributed by atoms with Crippen LogP contribution in [0.5, 0.6) is 0 Å². The normalized spacial score (nSPS) is 22.5. The highest BCUT2D eigenvalue weighted by Crippen LogP contribution is 2.26. The van der Waals surface area contributed by atoms with Gasteiger partial charge >= 0.3 is 6.03 Å². The molecule has 2 atom stereocenters. The van der Waals surface area contributed by atoms with Crippen molar-refractivity contribution in [2.45, 2.75) is 26.4 Å². The molecule has 2 rings (SSSR count). The Hall–Kier alpha value is -1.55. The van der Waals surface area contributed by atoms with E-state index in [1.54, 1.807) is 0 Å². The molecular weight excluding hydrogens is 240 g/mol. The van der Waals surface area contributed by atoms with Gasteiger partial charge in [-0.2, -0.15) is 0 Å². The number of amides is 2. The first kappa shape index (κ1) is 13.9. The summed E-state index contributed by atoms with van der Waals surface area (Å²) in [6.45, 7) is 5.79. The zero-order chi connectivity index (χ0) is 13.7. The topological polar surface area (TPSA) is 50.4 Å². The minimum atomic E-state index is -0.152. The standard InChI is InChI=1S/C15H22N2O2/c1-11(2)14-12(8-9-19-14)10-16-15(18)17-13-6-4-3-5-7-13/h3-7,11-12,14H,8-10H2,1-2H3,(H2,16,17,18). The van der Waals surface area contributed by atoms with Crippen molar-refractivity contribution < 1.29 is 9.53 Å². The Morgan fingerprint density at radius 3 is 2.79 bits per heavy atom. The van der Waals surface area contributed by atoms with Crippen LogP contribution in [-0.2, 0) is 4.74 Å². The predicted octanol–water partition coefficient (Wildman–Crippen LogP) is 2.87. The molecule has 0 radical (unpaired) electrons. The molecule has 0 bridgehead atoms. The summed E-state index contributed by atoms with van der Waals surface area (Å²) in [7, 11) is 0. The molecule has 0 saturated carbocycles. The van der Waals surface area contributed by atoms with E-state index in [1.165, 1.54) is 0 Å². The molecule has 2 N–H and O–H groups in total. The highest BCUT2D eigenvalue weighted by Gasteiger charge is 2.30. The van der Waals surface area contributed by atoms with E-state index in [1.807, 2.05) is 30.3 Å². The lowest BCUT2D eigenvalue weighted by atomic mass is 9.93. The first-order valence-corrected chi connectivity index (χ1v) is 6.88. The van der Waals surface area contributed by atoms with Gasteiger partial charge in [0.25, 0.3) is 0 Å². The summed E-state index contributed by atoms with van der Waals surface area (Å²) in [5.74, 6) is 0.910. The van der Waals surface area contributed by atoms with E-state index in [0.29, 0.717) is 18.4 Å². The Morgan fingerprint density at radius 2 is 2.11 bits per heavy atom. The first-order valence-electron chi connectivity index (χ1n) is 6.88. The number of carbonyl (C=O) groups is 1. The molecule has 4 heteroatoms. The van der Waals surface area contributed by atoms with Gasteiger partial charge in [-0.25, -0.2) is 4.79 Å². The smallest absolute Gasteiger partial charge is 0.319 e. The molecule has 104 valence electrons. The van der Waals surface area contributed by atoms with Gasteiger partial charge in [-0.05, 0) is 24.5 Å². The van der Waals surface area contributed by atoms with Gasteiger partial charge in [0.1, 0.15) is 0 Å². The highest BCUT2D eigenvalue weighted by molar-refractivity contribution is 5.89. The molecule has 19 heavy (non-hydrogen) atoms. The molecule has 2 unspecified atom stereocenters. The SMILES string of the molecule is CC(C)C1OCCC1CNC(=O)Nc1ccccc1. The van der Waals surface area contributed by atoms with Crippen molar-refractivity contribution >= 4 is 11.7 Å². The van der Waals surface area contributed by atoms with E-state index >= 15 is 0 Å². The van der Waals surface area contributed by atoms with Gasteiger partial charge in [0.2, 0.25) is 0 Å². The van der Waals surface area contributed by atoms with E-state index in [4.69, 9.17) is 4.74 Å². The van der Waals surface area contributed by atoms with Gasteiger partial charge in [0, 0.05) is 24.8 Å². The van der Waals surface area contributed by atoms with Crippen LogP contribution in [0, 0.1) is 11.8 Å². The van der Waals surface area contributed by atoms with Gasteiger partial charge < -0.3 is 15.4 Å². The second-order valence-corrected chi connectivity index (χ2v) is 5.33. The third-order valence-electron chi connectivity index (χ3n) is 3.48. The van der Waals surface area contributed by atoms with E-state index in [0.717, 1.165) is 18.7 Å². The number of ether oxygens (including phenoxy) is 1. The molecule has 2 amide bonds. The molecule has 1 aromatic carbocycles. The number of nitrogens with one attached hydrogen (secondary N) is 2. The van der Waals surface area contributed by atoms with E-state index in [2.05, 4.69) is 24.5 Å². The minimum absolute atomic E-state index is 0.152. The van der Waals surface area contributed by atoms with Crippen LogP contribution in [0.4, 0.5) is 10.5 Å². The van der Waals surface area contributed by atoms with Crippen LogP contribution in [0.1, 0.15) is 20.3 Å². The number of rotatable bonds is 4. The summed E-state index contributed by atoms with van der Waals surface area (Å²) in [6.07, 6.45) is 1.28. The third kappa shape index (κ3) is 3.96. The van der Waals surface area contributed by atoms with Gasteiger partial charge in [-0.3, -0.25) is 0 Å². The first-order chi connectivity index (χ1) is 9.16. The van der Waals surface area contributed by atoms with Crippen molar-refractivity contribution in [2.24, 2.45) is 11.8 Å². The van der Waals surface area contributed by atoms with E-state index in [9.17, 15) is 4.79 Å². The summed E-state index contributed by atoms with van der Waals surface area (Å²) < 4.78 is 5.71. The van der Waals surface area contributed by atoms with Crippen molar-refractivity contribution in [3.63, 3.8) is 0 Å². The average Bonchev–Trinajstić information content (AvgIpc) is 2.86. The van der Waals surface area contributed by atoms with Crippen LogP contribution in [-0.4, -0.2) is 25.3 Å². The van der Waals surface area contributed by atoms with Gasteiger partial charge in [-0.1, -0.05) is 32.0 Å². The lowest BCUT2D eigenvalue weighted by Crippen LogP contribution is -2.37. The van der Waals surface area contributed by atoms with Crippen LogP contribution in [0.2, 0.25) is 0 Å². The van der Waals surface area contributed by atoms with Gasteiger partial charge in [0.05, 0.1) is 6.10 Å². The minimum Gasteiger partial charge on any atom is -0.378 e. The molecule has 4 nitrogen and oxygen atoms in total. The summed E-state index contributed by atoms with van der Waals surface area (Å²) >= 11 is 0. The van der Waals surface area contributed by atoms with Crippen molar-refractivity contribution in [3.8, 4) is 0 Å². The molecule has 0 spiro atoms. The van der Waals surface area contributed by atoms with E-state index in [-0.39, 0.29) is 12.1 Å². The summed E-state index contributed by atoms with van der Waals surface area (Å²) in [5.41, 5.74) is 0.808. The number of hydrogen-bond acceptors (Lipinski definition) is 2. The van der Waals surface area contributed by atoms with Crippen molar-refractivity contribution in [1.82, 2.24) is 5.32 Å². The quantitative estimate of drug-likeness (QED) is 0.876. The highest BCUT2D eigenvalue weighted by atomic mass is 16.5.